The molecule has 0 atom stereocenters. The van der Waals surface area contributed by atoms with E-state index in [0.717, 1.165) is 0 Å². The van der Waals surface area contributed by atoms with Crippen LogP contribution in [-0.2, 0) is 15.5 Å². The van der Waals surface area contributed by atoms with Crippen molar-refractivity contribution in [3.05, 3.63) is 60.7 Å². The highest BCUT2D eigenvalue weighted by molar-refractivity contribution is 7.96. The van der Waals surface area contributed by atoms with Crippen molar-refractivity contribution in [2.45, 2.75) is 33.5 Å². The van der Waals surface area contributed by atoms with E-state index in [1.165, 1.54) is 9.79 Å². The molecule has 31 heavy (non-hydrogen) atoms. The van der Waals surface area contributed by atoms with Crippen molar-refractivity contribution in [1.29, 1.82) is 0 Å². The summed E-state index contributed by atoms with van der Waals surface area (Å²) in [6.07, 6.45) is -11.9. The van der Waals surface area contributed by atoms with Gasteiger partial charge in [-0.1, -0.05) is 36.4 Å². The average molecular weight is 502 g/mol. The largest absolute Gasteiger partial charge is 0.790 e. The molecule has 0 saturated heterocycles. The Kier molecular flexibility index (Phi) is 8.30. The molecule has 0 saturated carbocycles. The van der Waals surface area contributed by atoms with E-state index >= 15 is 0 Å². The van der Waals surface area contributed by atoms with Crippen LogP contribution in [0.3, 0.4) is 0 Å². The summed E-state index contributed by atoms with van der Waals surface area (Å²) in [5, 5.41) is 0. The molecule has 2 aromatic carbocycles. The lowest BCUT2D eigenvalue weighted by Gasteiger charge is -2.38. The molecule has 14 heteroatoms. The van der Waals surface area contributed by atoms with Crippen molar-refractivity contribution < 1.29 is 53.4 Å². The van der Waals surface area contributed by atoms with Crippen LogP contribution in [0.4, 0.5) is 43.9 Å². The molecular formula is C17H13F10O2PS. The molecule has 0 fully saturated rings. The third-order valence-electron chi connectivity index (χ3n) is 3.62. The van der Waals surface area contributed by atoms with Crippen LogP contribution in [0.1, 0.15) is 0 Å². The normalized spacial score (nSPS) is 13.6. The molecule has 0 aliphatic carbocycles. The van der Waals surface area contributed by atoms with Gasteiger partial charge >= 0.3 is 23.7 Å². The first-order chi connectivity index (χ1) is 13.9. The lowest BCUT2D eigenvalue weighted by Crippen LogP contribution is -2.50. The van der Waals surface area contributed by atoms with Gasteiger partial charge in [-0.05, 0) is 24.3 Å². The average Bonchev–Trinajstić information content (AvgIpc) is 2.67. The highest BCUT2D eigenvalue weighted by Gasteiger charge is 2.78. The van der Waals surface area contributed by atoms with Gasteiger partial charge in [-0.2, -0.15) is 43.9 Å². The van der Waals surface area contributed by atoms with Gasteiger partial charge in [-0.25, -0.2) is 0 Å². The second kappa shape index (κ2) is 9.41. The molecule has 0 aromatic heterocycles. The van der Waals surface area contributed by atoms with Crippen LogP contribution >= 0.6 is 7.37 Å². The van der Waals surface area contributed by atoms with Gasteiger partial charge in [0.15, 0.2) is 17.2 Å². The van der Waals surface area contributed by atoms with Gasteiger partial charge in [0, 0.05) is 0 Å². The number of rotatable bonds is 4. The first-order valence-corrected chi connectivity index (χ1v) is 11.1. The van der Waals surface area contributed by atoms with E-state index < -0.39 is 31.0 Å². The number of hydrogen-bond donors (Lipinski definition) is 0. The Hall–Kier alpha value is -1.72. The second-order valence-corrected chi connectivity index (χ2v) is 9.96. The Balaban J connectivity index is 0.000000314. The fourth-order valence-corrected chi connectivity index (χ4v) is 4.32. The van der Waals surface area contributed by atoms with Crippen molar-refractivity contribution in [2.24, 2.45) is 0 Å². The van der Waals surface area contributed by atoms with E-state index in [0.29, 0.717) is 0 Å². The molecule has 0 heterocycles. The maximum absolute atomic E-state index is 12.1. The number of halogens is 10. The van der Waals surface area contributed by atoms with Crippen LogP contribution in [0.2, 0.25) is 0 Å². The molecule has 0 radical (unpaired) electrons. The second-order valence-electron chi connectivity index (χ2n) is 5.77. The predicted octanol–water partition coefficient (Wildman–Crippen LogP) is 6.29. The summed E-state index contributed by atoms with van der Waals surface area (Å²) in [6.45, 7) is 0. The third kappa shape index (κ3) is 5.75. The van der Waals surface area contributed by atoms with E-state index in [1.54, 1.807) is 0 Å². The molecule has 0 bridgehead atoms. The van der Waals surface area contributed by atoms with Crippen molar-refractivity contribution in [1.82, 2.24) is 0 Å². The molecule has 0 aliphatic rings. The van der Waals surface area contributed by atoms with Crippen molar-refractivity contribution in [3.63, 3.8) is 0 Å². The molecule has 2 aromatic rings. The smallest absolute Gasteiger partial charge is 0.459 e. The fourth-order valence-electron chi connectivity index (χ4n) is 1.90. The molecule has 174 valence electrons. The quantitative estimate of drug-likeness (QED) is 0.280. The Bertz CT molecular complexity index is 816. The first-order valence-electron chi connectivity index (χ1n) is 7.84. The molecule has 0 amide bonds. The lowest BCUT2D eigenvalue weighted by molar-refractivity contribution is -0.312. The zero-order valence-corrected chi connectivity index (χ0v) is 16.9. The summed E-state index contributed by atoms with van der Waals surface area (Å²) in [6, 6.07) is 21.3. The zero-order valence-electron chi connectivity index (χ0n) is 15.2. The minimum atomic E-state index is -8.51. The summed E-state index contributed by atoms with van der Waals surface area (Å²) in [7, 11) is -8.30. The topological polar surface area (TPSA) is 40.1 Å². The van der Waals surface area contributed by atoms with Gasteiger partial charge in [0.25, 0.3) is 0 Å². The SMILES string of the molecule is C[S+](c1ccccc1)c1ccccc1.O=P([O-])(C(F)(F)C(F)(F)F)C(F)(F)C(F)(F)F. The maximum atomic E-state index is 12.1. The zero-order chi connectivity index (χ0) is 24.3. The molecule has 0 aliphatic heterocycles. The lowest BCUT2D eigenvalue weighted by atomic mass is 10.4. The van der Waals surface area contributed by atoms with Crippen LogP contribution in [0.15, 0.2) is 70.5 Å². The maximum Gasteiger partial charge on any atom is 0.459 e. The Morgan fingerprint density at radius 2 is 0.903 bits per heavy atom. The fraction of sp³-hybridized carbons (Fsp3) is 0.294. The Labute approximate surface area is 172 Å². The van der Waals surface area contributed by atoms with Crippen molar-refractivity contribution in [3.8, 4) is 0 Å². The molecule has 0 unspecified atom stereocenters. The molecule has 0 spiro atoms. The number of alkyl halides is 10. The van der Waals surface area contributed by atoms with E-state index in [-0.39, 0.29) is 10.9 Å². The number of benzene rings is 2. The van der Waals surface area contributed by atoms with Crippen LogP contribution in [0.5, 0.6) is 0 Å². The van der Waals surface area contributed by atoms with Gasteiger partial charge in [0.05, 0.1) is 10.9 Å². The number of hydrogen-bond acceptors (Lipinski definition) is 2. The molecule has 2 rings (SSSR count). The van der Waals surface area contributed by atoms with E-state index in [9.17, 15) is 53.4 Å². The van der Waals surface area contributed by atoms with Gasteiger partial charge in [0.1, 0.15) is 6.26 Å². The standard InChI is InChI=1S/C13H13S.C4HF10O2P/c1-14(12-8-4-2-5-9-12)13-10-6-3-7-11-13;5-1(6,7)3(11,12)17(15,16)4(13,14)2(8,9)10/h2-11H,1H3;(H,15,16)/q+1;/p-1. The highest BCUT2D eigenvalue weighted by Crippen LogP contribution is 2.72. The summed E-state index contributed by atoms with van der Waals surface area (Å²) < 4.78 is 127. The van der Waals surface area contributed by atoms with E-state index in [2.05, 4.69) is 66.9 Å². The molecular weight excluding hydrogens is 489 g/mol. The highest BCUT2D eigenvalue weighted by atomic mass is 32.2. The van der Waals surface area contributed by atoms with Crippen LogP contribution in [0, 0.1) is 0 Å². The molecule has 0 N–H and O–H groups in total. The van der Waals surface area contributed by atoms with Gasteiger partial charge in [0.2, 0.25) is 0 Å². The summed E-state index contributed by atoms with van der Waals surface area (Å²) in [5.41, 5.74) is -14.4. The minimum Gasteiger partial charge on any atom is -0.790 e. The summed E-state index contributed by atoms with van der Waals surface area (Å²) in [4.78, 5) is 12.9. The predicted molar refractivity (Wildman–Crippen MR) is 92.3 cm³/mol. The Morgan fingerprint density at radius 1 is 0.645 bits per heavy atom. The first kappa shape index (κ1) is 27.3. The van der Waals surface area contributed by atoms with Gasteiger partial charge < -0.3 is 9.46 Å². The monoisotopic (exact) mass is 502 g/mol. The third-order valence-corrected chi connectivity index (χ3v) is 7.56. The Morgan fingerprint density at radius 3 is 1.13 bits per heavy atom. The van der Waals surface area contributed by atoms with E-state index in [4.69, 9.17) is 0 Å². The van der Waals surface area contributed by atoms with Crippen LogP contribution in [-0.4, -0.2) is 29.9 Å². The van der Waals surface area contributed by atoms with Gasteiger partial charge in [-0.15, -0.1) is 0 Å². The van der Waals surface area contributed by atoms with E-state index in [1.807, 2.05) is 0 Å². The van der Waals surface area contributed by atoms with Crippen molar-refractivity contribution in [2.75, 3.05) is 6.26 Å². The van der Waals surface area contributed by atoms with Crippen molar-refractivity contribution >= 4 is 18.3 Å². The molecule has 2 nitrogen and oxygen atoms in total. The summed E-state index contributed by atoms with van der Waals surface area (Å²) in [5.74, 6) is 0. The van der Waals surface area contributed by atoms with Crippen LogP contribution in [0.25, 0.3) is 0 Å². The summed E-state index contributed by atoms with van der Waals surface area (Å²) >= 11 is 0. The van der Waals surface area contributed by atoms with Crippen LogP contribution < -0.4 is 4.89 Å². The van der Waals surface area contributed by atoms with Gasteiger partial charge in [-0.3, -0.25) is 0 Å². The minimum absolute atomic E-state index is 0.203.